The van der Waals surface area contributed by atoms with Crippen molar-refractivity contribution in [2.45, 2.75) is 64.3 Å². The van der Waals surface area contributed by atoms with Crippen LogP contribution in [0.25, 0.3) is 0 Å². The Hall–Kier alpha value is -2.38. The second kappa shape index (κ2) is 12.8. The number of urea groups is 1. The van der Waals surface area contributed by atoms with E-state index in [1.54, 1.807) is 12.1 Å². The van der Waals surface area contributed by atoms with E-state index in [1.165, 1.54) is 24.1 Å². The maximum absolute atomic E-state index is 12.3. The zero-order chi connectivity index (χ0) is 24.4. The molecule has 2 aromatic rings. The first-order valence-electron chi connectivity index (χ1n) is 11.6. The van der Waals surface area contributed by atoms with Gasteiger partial charge >= 0.3 is 6.03 Å². The van der Waals surface area contributed by atoms with Crippen molar-refractivity contribution < 1.29 is 13.2 Å². The molecule has 2 aromatic carbocycles. The first kappa shape index (κ1) is 26.9. The third-order valence-corrected chi connectivity index (χ3v) is 7.08. The van der Waals surface area contributed by atoms with Gasteiger partial charge in [-0.25, -0.2) is 17.9 Å². The molecule has 4 N–H and O–H groups in total. The molecular weight excluding hydrogens is 434 g/mol. The molecule has 181 valence electrons. The van der Waals surface area contributed by atoms with Crippen molar-refractivity contribution in [3.63, 3.8) is 0 Å². The fourth-order valence-corrected chi connectivity index (χ4v) is 5.00. The molecule has 0 aromatic heterocycles. The summed E-state index contributed by atoms with van der Waals surface area (Å²) in [6.07, 6.45) is 5.25. The average molecular weight is 473 g/mol. The molecule has 0 aliphatic carbocycles. The largest absolute Gasteiger partial charge is 0.337 e. The molecule has 2 unspecified atom stereocenters. The Balaban J connectivity index is 1.84. The van der Waals surface area contributed by atoms with Crippen LogP contribution in [0.2, 0.25) is 0 Å². The van der Waals surface area contributed by atoms with Crippen LogP contribution in [0.5, 0.6) is 0 Å². The first-order valence-corrected chi connectivity index (χ1v) is 13.1. The molecule has 2 rings (SSSR count). The molecule has 1 radical (unpaired) electrons. The monoisotopic (exact) mass is 472 g/mol. The van der Waals surface area contributed by atoms with Crippen LogP contribution >= 0.6 is 0 Å². The van der Waals surface area contributed by atoms with Gasteiger partial charge in [-0.15, -0.1) is 0 Å². The fraction of sp³-hybridized carbons (Fsp3) is 0.462. The van der Waals surface area contributed by atoms with Gasteiger partial charge in [0.2, 0.25) is 0 Å². The zero-order valence-electron chi connectivity index (χ0n) is 20.2. The highest BCUT2D eigenvalue weighted by Crippen LogP contribution is 2.29. The van der Waals surface area contributed by atoms with E-state index in [1.807, 2.05) is 4.72 Å². The number of carbonyl (C=O) groups is 1. The number of sulfonamides is 1. The summed E-state index contributed by atoms with van der Waals surface area (Å²) in [7, 11) is -3.92. The standard InChI is InChI=1S/C26H38N3O3S/c1-5-23(17-20(4)16-19(2)3)24-10-6-21(7-11-24)14-15-28-26(30)29-33(31,32)25-12-8-22(18-27)9-13-25/h5-13,19-20,23H,14-18,27H2,1-4H3,(H2,28,29,30). The van der Waals surface area contributed by atoms with Crippen molar-refractivity contribution in [2.75, 3.05) is 6.54 Å². The van der Waals surface area contributed by atoms with Gasteiger partial charge in [-0.05, 0) is 72.3 Å². The van der Waals surface area contributed by atoms with Crippen LogP contribution in [0, 0.1) is 18.3 Å². The van der Waals surface area contributed by atoms with E-state index in [0.717, 1.165) is 17.5 Å². The molecule has 2 atom stereocenters. The summed E-state index contributed by atoms with van der Waals surface area (Å²) in [5.41, 5.74) is 8.73. The molecule has 0 fully saturated rings. The van der Waals surface area contributed by atoms with Crippen molar-refractivity contribution in [3.05, 3.63) is 71.6 Å². The molecule has 0 spiro atoms. The number of rotatable bonds is 12. The highest BCUT2D eigenvalue weighted by Gasteiger charge is 2.17. The number of nitrogens with one attached hydrogen (secondary N) is 2. The minimum Gasteiger partial charge on any atom is -0.337 e. The molecule has 0 aliphatic heterocycles. The lowest BCUT2D eigenvalue weighted by molar-refractivity contribution is 0.246. The van der Waals surface area contributed by atoms with Gasteiger partial charge in [0.05, 0.1) is 4.90 Å². The lowest BCUT2D eigenvalue weighted by atomic mass is 9.84. The minimum absolute atomic E-state index is 0.0236. The van der Waals surface area contributed by atoms with Crippen molar-refractivity contribution >= 4 is 16.1 Å². The lowest BCUT2D eigenvalue weighted by Crippen LogP contribution is -2.40. The summed E-state index contributed by atoms with van der Waals surface area (Å²) in [4.78, 5) is 12.1. The van der Waals surface area contributed by atoms with E-state index in [0.29, 0.717) is 37.3 Å². The summed E-state index contributed by atoms with van der Waals surface area (Å²) >= 11 is 0. The van der Waals surface area contributed by atoms with Gasteiger partial charge in [0, 0.05) is 13.1 Å². The van der Waals surface area contributed by atoms with Crippen molar-refractivity contribution in [2.24, 2.45) is 17.6 Å². The molecular formula is C26H38N3O3S. The Kier molecular flexibility index (Phi) is 10.4. The highest BCUT2D eigenvalue weighted by atomic mass is 32.2. The number of hydrogen-bond donors (Lipinski definition) is 3. The summed E-state index contributed by atoms with van der Waals surface area (Å²) in [5.74, 6) is 1.81. The number of nitrogens with two attached hydrogens (primary N) is 1. The molecule has 0 saturated carbocycles. The van der Waals surface area contributed by atoms with Gasteiger partial charge in [-0.2, -0.15) is 0 Å². The third kappa shape index (κ3) is 8.82. The van der Waals surface area contributed by atoms with E-state index in [-0.39, 0.29) is 4.90 Å². The SMILES string of the molecule is C[CH]C(CC(C)CC(C)C)c1ccc(CCNC(=O)NS(=O)(=O)c2ccc(CN)cc2)cc1. The predicted octanol–water partition coefficient (Wildman–Crippen LogP) is 4.76. The van der Waals surface area contributed by atoms with E-state index in [4.69, 9.17) is 5.73 Å². The van der Waals surface area contributed by atoms with Crippen LogP contribution < -0.4 is 15.8 Å². The Labute approximate surface area is 199 Å². The van der Waals surface area contributed by atoms with Crippen LogP contribution in [0.1, 0.15) is 63.1 Å². The van der Waals surface area contributed by atoms with E-state index in [9.17, 15) is 13.2 Å². The Morgan fingerprint density at radius 3 is 2.12 bits per heavy atom. The average Bonchev–Trinajstić information content (AvgIpc) is 2.77. The summed E-state index contributed by atoms with van der Waals surface area (Å²) in [6, 6.07) is 13.8. The van der Waals surface area contributed by atoms with Gasteiger partial charge < -0.3 is 11.1 Å². The van der Waals surface area contributed by atoms with Gasteiger partial charge in [0.15, 0.2) is 0 Å². The second-order valence-corrected chi connectivity index (χ2v) is 10.8. The van der Waals surface area contributed by atoms with Crippen LogP contribution in [0.4, 0.5) is 4.79 Å². The number of carbonyl (C=O) groups excluding carboxylic acids is 1. The van der Waals surface area contributed by atoms with Crippen molar-refractivity contribution in [1.29, 1.82) is 0 Å². The van der Waals surface area contributed by atoms with E-state index in [2.05, 4.69) is 63.7 Å². The molecule has 2 amide bonds. The Morgan fingerprint density at radius 1 is 0.970 bits per heavy atom. The highest BCUT2D eigenvalue weighted by molar-refractivity contribution is 7.90. The van der Waals surface area contributed by atoms with Crippen molar-refractivity contribution in [3.8, 4) is 0 Å². The summed E-state index contributed by atoms with van der Waals surface area (Å²) < 4.78 is 26.7. The van der Waals surface area contributed by atoms with Crippen LogP contribution in [-0.4, -0.2) is 21.0 Å². The molecule has 7 heteroatoms. The Morgan fingerprint density at radius 2 is 1.58 bits per heavy atom. The smallest absolute Gasteiger partial charge is 0.328 e. The minimum atomic E-state index is -3.92. The van der Waals surface area contributed by atoms with E-state index < -0.39 is 16.1 Å². The number of hydrogen-bond acceptors (Lipinski definition) is 4. The maximum Gasteiger partial charge on any atom is 0.328 e. The fourth-order valence-electron chi connectivity index (χ4n) is 4.07. The van der Waals surface area contributed by atoms with Crippen LogP contribution in [-0.2, 0) is 23.0 Å². The predicted molar refractivity (Wildman–Crippen MR) is 134 cm³/mol. The third-order valence-electron chi connectivity index (χ3n) is 5.74. The van der Waals surface area contributed by atoms with Gasteiger partial charge in [0.1, 0.15) is 0 Å². The van der Waals surface area contributed by atoms with Gasteiger partial charge in [-0.1, -0.05) is 64.1 Å². The van der Waals surface area contributed by atoms with Crippen LogP contribution in [0.15, 0.2) is 53.4 Å². The summed E-state index contributed by atoms with van der Waals surface area (Å²) in [5, 5.41) is 2.62. The lowest BCUT2D eigenvalue weighted by Gasteiger charge is -2.21. The van der Waals surface area contributed by atoms with Crippen molar-refractivity contribution in [1.82, 2.24) is 10.0 Å². The summed E-state index contributed by atoms with van der Waals surface area (Å²) in [6.45, 7) is 9.62. The van der Waals surface area contributed by atoms with Gasteiger partial charge in [0.25, 0.3) is 10.0 Å². The van der Waals surface area contributed by atoms with E-state index >= 15 is 0 Å². The normalized spacial score (nSPS) is 13.5. The molecule has 6 nitrogen and oxygen atoms in total. The molecule has 0 bridgehead atoms. The molecule has 0 aliphatic rings. The second-order valence-electron chi connectivity index (χ2n) is 9.11. The number of amides is 2. The molecule has 0 saturated heterocycles. The topological polar surface area (TPSA) is 101 Å². The maximum atomic E-state index is 12.3. The quantitative estimate of drug-likeness (QED) is 0.415. The number of benzene rings is 2. The zero-order valence-corrected chi connectivity index (χ0v) is 21.0. The first-order chi connectivity index (χ1) is 15.6. The Bertz CT molecular complexity index is 971. The molecule has 0 heterocycles. The van der Waals surface area contributed by atoms with Gasteiger partial charge in [-0.3, -0.25) is 0 Å². The van der Waals surface area contributed by atoms with Crippen LogP contribution in [0.3, 0.4) is 0 Å². The molecule has 33 heavy (non-hydrogen) atoms.